The summed E-state index contributed by atoms with van der Waals surface area (Å²) in [5, 5.41) is 4.73. The van der Waals surface area contributed by atoms with E-state index in [0.717, 1.165) is 10.8 Å². The maximum Gasteiger partial charge on any atom is 0.274 e. The number of hydrogen-bond donors (Lipinski definition) is 2. The van der Waals surface area contributed by atoms with E-state index in [-0.39, 0.29) is 11.6 Å². The number of fused-ring (bicyclic) bond motifs is 1. The number of rotatable bonds is 2. The normalized spacial score (nSPS) is 10.4. The van der Waals surface area contributed by atoms with Crippen molar-refractivity contribution in [1.29, 1.82) is 0 Å². The highest BCUT2D eigenvalue weighted by Crippen LogP contribution is 2.22. The van der Waals surface area contributed by atoms with Gasteiger partial charge in [0.05, 0.1) is 5.69 Å². The molecule has 5 heteroatoms. The topological polar surface area (TPSA) is 80.9 Å². The van der Waals surface area contributed by atoms with E-state index in [1.54, 1.807) is 30.6 Å². The number of pyridine rings is 2. The molecule has 0 spiro atoms. The van der Waals surface area contributed by atoms with Crippen molar-refractivity contribution in [1.82, 2.24) is 9.97 Å². The second-order valence-corrected chi connectivity index (χ2v) is 4.30. The lowest BCUT2D eigenvalue weighted by Gasteiger charge is -2.08. The lowest BCUT2D eigenvalue weighted by Crippen LogP contribution is -2.14. The van der Waals surface area contributed by atoms with E-state index in [2.05, 4.69) is 15.3 Å². The van der Waals surface area contributed by atoms with Crippen LogP contribution in [-0.4, -0.2) is 15.9 Å². The van der Waals surface area contributed by atoms with Gasteiger partial charge < -0.3 is 11.1 Å². The summed E-state index contributed by atoms with van der Waals surface area (Å²) in [6.07, 6.45) is 3.44. The number of carbonyl (C=O) groups is 1. The van der Waals surface area contributed by atoms with Gasteiger partial charge >= 0.3 is 0 Å². The third-order valence-electron chi connectivity index (χ3n) is 2.94. The standard InChI is InChI=1S/C15H12N4O/c16-14-6-2-5-13(18-14)15(20)19-12-4-1-3-10-7-8-17-9-11(10)12/h1-9H,(H2,16,18)(H,19,20). The maximum atomic E-state index is 12.2. The van der Waals surface area contributed by atoms with Crippen LogP contribution in [0.4, 0.5) is 11.5 Å². The quantitative estimate of drug-likeness (QED) is 0.745. The molecule has 20 heavy (non-hydrogen) atoms. The van der Waals surface area contributed by atoms with E-state index in [4.69, 9.17) is 5.73 Å². The number of carbonyl (C=O) groups excluding carboxylic acids is 1. The summed E-state index contributed by atoms with van der Waals surface area (Å²) in [6, 6.07) is 12.5. The molecule has 0 aliphatic rings. The fraction of sp³-hybridized carbons (Fsp3) is 0. The zero-order valence-electron chi connectivity index (χ0n) is 10.6. The highest BCUT2D eigenvalue weighted by atomic mass is 16.1. The molecule has 0 unspecified atom stereocenters. The molecule has 0 atom stereocenters. The molecule has 0 saturated carbocycles. The van der Waals surface area contributed by atoms with Crippen LogP contribution in [0.25, 0.3) is 10.8 Å². The number of aromatic nitrogens is 2. The largest absolute Gasteiger partial charge is 0.384 e. The number of nitrogens with zero attached hydrogens (tertiary/aromatic N) is 2. The Bertz CT molecular complexity index is 780. The van der Waals surface area contributed by atoms with Gasteiger partial charge in [0, 0.05) is 17.8 Å². The van der Waals surface area contributed by atoms with Crippen molar-refractivity contribution >= 4 is 28.2 Å². The molecule has 2 aromatic heterocycles. The molecule has 0 aliphatic carbocycles. The van der Waals surface area contributed by atoms with Gasteiger partial charge in [0.2, 0.25) is 0 Å². The van der Waals surface area contributed by atoms with Crippen molar-refractivity contribution in [3.63, 3.8) is 0 Å². The van der Waals surface area contributed by atoms with Crippen molar-refractivity contribution in [2.75, 3.05) is 11.1 Å². The van der Waals surface area contributed by atoms with E-state index < -0.39 is 0 Å². The fourth-order valence-corrected chi connectivity index (χ4v) is 1.99. The van der Waals surface area contributed by atoms with Crippen LogP contribution < -0.4 is 11.1 Å². The molecule has 1 aromatic carbocycles. The van der Waals surface area contributed by atoms with Gasteiger partial charge in [0.25, 0.3) is 5.91 Å². The average Bonchev–Trinajstić information content (AvgIpc) is 2.47. The lowest BCUT2D eigenvalue weighted by molar-refractivity contribution is 0.102. The summed E-state index contributed by atoms with van der Waals surface area (Å²) in [6.45, 7) is 0. The molecular weight excluding hydrogens is 252 g/mol. The van der Waals surface area contributed by atoms with Gasteiger partial charge in [-0.2, -0.15) is 0 Å². The molecule has 3 N–H and O–H groups in total. The van der Waals surface area contributed by atoms with E-state index in [1.165, 1.54) is 0 Å². The first-order valence-corrected chi connectivity index (χ1v) is 6.11. The van der Waals surface area contributed by atoms with Crippen LogP contribution in [-0.2, 0) is 0 Å². The highest BCUT2D eigenvalue weighted by Gasteiger charge is 2.09. The van der Waals surface area contributed by atoms with Gasteiger partial charge in [0.1, 0.15) is 11.5 Å². The van der Waals surface area contributed by atoms with E-state index in [0.29, 0.717) is 11.5 Å². The fourth-order valence-electron chi connectivity index (χ4n) is 1.99. The van der Waals surface area contributed by atoms with Crippen molar-refractivity contribution in [3.05, 3.63) is 60.6 Å². The first-order chi connectivity index (χ1) is 9.74. The number of benzene rings is 1. The summed E-state index contributed by atoms with van der Waals surface area (Å²) >= 11 is 0. The third-order valence-corrected chi connectivity index (χ3v) is 2.94. The average molecular weight is 264 g/mol. The van der Waals surface area contributed by atoms with Crippen LogP contribution in [0.15, 0.2) is 54.9 Å². The van der Waals surface area contributed by atoms with Crippen LogP contribution in [0.2, 0.25) is 0 Å². The Labute approximate surface area is 115 Å². The summed E-state index contributed by atoms with van der Waals surface area (Å²) in [7, 11) is 0. The van der Waals surface area contributed by atoms with Crippen LogP contribution >= 0.6 is 0 Å². The van der Waals surface area contributed by atoms with Gasteiger partial charge in [-0.05, 0) is 29.7 Å². The van der Waals surface area contributed by atoms with Crippen molar-refractivity contribution in [2.24, 2.45) is 0 Å². The minimum Gasteiger partial charge on any atom is -0.384 e. The molecule has 3 rings (SSSR count). The maximum absolute atomic E-state index is 12.2. The van der Waals surface area contributed by atoms with Gasteiger partial charge in [-0.3, -0.25) is 9.78 Å². The summed E-state index contributed by atoms with van der Waals surface area (Å²) in [5.74, 6) is 0.0193. The summed E-state index contributed by atoms with van der Waals surface area (Å²) in [5.41, 5.74) is 6.56. The summed E-state index contributed by atoms with van der Waals surface area (Å²) in [4.78, 5) is 20.2. The molecule has 98 valence electrons. The SMILES string of the molecule is Nc1cccc(C(=O)Nc2cccc3ccncc23)n1. The molecule has 3 aromatic rings. The van der Waals surface area contributed by atoms with Crippen LogP contribution in [0.3, 0.4) is 0 Å². The highest BCUT2D eigenvalue weighted by molar-refractivity contribution is 6.08. The van der Waals surface area contributed by atoms with Gasteiger partial charge in [-0.1, -0.05) is 18.2 Å². The first kappa shape index (κ1) is 12.1. The molecule has 0 saturated heterocycles. The number of amides is 1. The Hall–Kier alpha value is -2.95. The molecule has 2 heterocycles. The minimum atomic E-state index is -0.298. The second kappa shape index (κ2) is 4.97. The summed E-state index contributed by atoms with van der Waals surface area (Å²) < 4.78 is 0. The van der Waals surface area contributed by atoms with E-state index in [1.807, 2.05) is 24.3 Å². The lowest BCUT2D eigenvalue weighted by atomic mass is 10.1. The zero-order valence-corrected chi connectivity index (χ0v) is 10.6. The van der Waals surface area contributed by atoms with Crippen LogP contribution in [0, 0.1) is 0 Å². The Morgan fingerprint density at radius 1 is 1.10 bits per heavy atom. The number of nitrogen functional groups attached to an aromatic ring is 1. The zero-order chi connectivity index (χ0) is 13.9. The molecule has 0 fully saturated rings. The van der Waals surface area contributed by atoms with E-state index >= 15 is 0 Å². The molecular formula is C15H12N4O. The van der Waals surface area contributed by atoms with E-state index in [9.17, 15) is 4.79 Å². The Balaban J connectivity index is 1.95. The Kier molecular flexibility index (Phi) is 3.01. The number of anilines is 2. The molecule has 0 radical (unpaired) electrons. The van der Waals surface area contributed by atoms with Crippen LogP contribution in [0.5, 0.6) is 0 Å². The Morgan fingerprint density at radius 2 is 1.95 bits per heavy atom. The predicted octanol–water partition coefficient (Wildman–Crippen LogP) is 2.46. The molecule has 0 aliphatic heterocycles. The van der Waals surface area contributed by atoms with Gasteiger partial charge in [-0.15, -0.1) is 0 Å². The first-order valence-electron chi connectivity index (χ1n) is 6.11. The molecule has 5 nitrogen and oxygen atoms in total. The minimum absolute atomic E-state index is 0.283. The number of nitrogens with one attached hydrogen (secondary N) is 1. The smallest absolute Gasteiger partial charge is 0.274 e. The number of nitrogens with two attached hydrogens (primary N) is 1. The third kappa shape index (κ3) is 2.29. The Morgan fingerprint density at radius 3 is 2.80 bits per heavy atom. The van der Waals surface area contributed by atoms with Crippen molar-refractivity contribution in [2.45, 2.75) is 0 Å². The van der Waals surface area contributed by atoms with Gasteiger partial charge in [0.15, 0.2) is 0 Å². The molecule has 0 bridgehead atoms. The second-order valence-electron chi connectivity index (χ2n) is 4.30. The predicted molar refractivity (Wildman–Crippen MR) is 78.3 cm³/mol. The molecule has 1 amide bonds. The van der Waals surface area contributed by atoms with Gasteiger partial charge in [-0.25, -0.2) is 4.98 Å². The van der Waals surface area contributed by atoms with Crippen LogP contribution in [0.1, 0.15) is 10.5 Å². The van der Waals surface area contributed by atoms with Crippen molar-refractivity contribution < 1.29 is 4.79 Å². The van der Waals surface area contributed by atoms with Crippen molar-refractivity contribution in [3.8, 4) is 0 Å². The number of hydrogen-bond acceptors (Lipinski definition) is 4. The monoisotopic (exact) mass is 264 g/mol.